The molecule has 0 unspecified atom stereocenters. The molecule has 1 aromatic heterocycles. The van der Waals surface area contributed by atoms with Gasteiger partial charge in [0.2, 0.25) is 5.91 Å². The lowest BCUT2D eigenvalue weighted by Crippen LogP contribution is -2.29. The first-order chi connectivity index (χ1) is 13.4. The van der Waals surface area contributed by atoms with Crippen molar-refractivity contribution in [3.63, 3.8) is 0 Å². The fraction of sp³-hybridized carbons (Fsp3) is 0.350. The van der Waals surface area contributed by atoms with Gasteiger partial charge in [-0.1, -0.05) is 18.2 Å². The zero-order chi connectivity index (χ0) is 20.3. The van der Waals surface area contributed by atoms with E-state index in [2.05, 4.69) is 10.6 Å². The van der Waals surface area contributed by atoms with Crippen molar-refractivity contribution in [1.29, 1.82) is 0 Å². The van der Waals surface area contributed by atoms with Crippen molar-refractivity contribution in [2.24, 2.45) is 5.92 Å². The largest absolute Gasteiger partial charge is 0.452 e. The van der Waals surface area contributed by atoms with Crippen LogP contribution in [0.15, 0.2) is 24.3 Å². The molecule has 0 saturated heterocycles. The molecule has 3 rings (SSSR count). The fourth-order valence-corrected chi connectivity index (χ4v) is 3.66. The number of carbonyl (C=O) groups is 3. The molecule has 28 heavy (non-hydrogen) atoms. The maximum absolute atomic E-state index is 13.6. The quantitative estimate of drug-likeness (QED) is 0.694. The molecule has 1 saturated carbocycles. The molecule has 1 fully saturated rings. The number of ether oxygens (including phenoxy) is 1. The summed E-state index contributed by atoms with van der Waals surface area (Å²) in [5.74, 6) is -1.72. The van der Waals surface area contributed by atoms with Crippen LogP contribution >= 0.6 is 11.3 Å². The Kier molecular flexibility index (Phi) is 6.08. The molecule has 6 nitrogen and oxygen atoms in total. The minimum Gasteiger partial charge on any atom is -0.452 e. The van der Waals surface area contributed by atoms with Gasteiger partial charge >= 0.3 is 5.97 Å². The summed E-state index contributed by atoms with van der Waals surface area (Å²) in [4.78, 5) is 37.4. The third kappa shape index (κ3) is 4.75. The van der Waals surface area contributed by atoms with Crippen molar-refractivity contribution < 1.29 is 23.5 Å². The van der Waals surface area contributed by atoms with Crippen LogP contribution in [-0.2, 0) is 20.9 Å². The second-order valence-electron chi connectivity index (χ2n) is 6.70. The number of benzene rings is 1. The topological polar surface area (TPSA) is 84.5 Å². The van der Waals surface area contributed by atoms with Gasteiger partial charge < -0.3 is 15.4 Å². The fourth-order valence-electron chi connectivity index (χ4n) is 2.61. The Morgan fingerprint density at radius 2 is 1.93 bits per heavy atom. The molecule has 2 N–H and O–H groups in total. The highest BCUT2D eigenvalue weighted by Crippen LogP contribution is 2.36. The number of amides is 2. The van der Waals surface area contributed by atoms with Crippen LogP contribution in [0.3, 0.4) is 0 Å². The number of hydrogen-bond donors (Lipinski definition) is 2. The zero-order valence-electron chi connectivity index (χ0n) is 15.6. The molecule has 8 heteroatoms. The van der Waals surface area contributed by atoms with Crippen LogP contribution in [0.2, 0.25) is 0 Å². The summed E-state index contributed by atoms with van der Waals surface area (Å²) in [5.41, 5.74) is 1.34. The maximum Gasteiger partial charge on any atom is 0.341 e. The number of nitrogens with one attached hydrogen (secondary N) is 2. The van der Waals surface area contributed by atoms with Gasteiger partial charge in [-0.05, 0) is 38.3 Å². The average molecular weight is 404 g/mol. The average Bonchev–Trinajstić information content (AvgIpc) is 3.47. The van der Waals surface area contributed by atoms with Crippen molar-refractivity contribution in [2.45, 2.75) is 33.2 Å². The monoisotopic (exact) mass is 404 g/mol. The standard InChI is InChI=1S/C20H21FN2O4S/c1-11-12(2)28-19(23-18(25)13-7-8-13)17(11)20(26)27-10-16(24)22-9-14-5-3-4-6-15(14)21/h3-6,13H,7-10H2,1-2H3,(H,22,24)(H,23,25). The molecule has 1 aromatic carbocycles. The number of halogens is 1. The number of aryl methyl sites for hydroxylation is 1. The molecule has 2 aromatic rings. The van der Waals surface area contributed by atoms with E-state index in [-0.39, 0.29) is 23.9 Å². The molecule has 0 aliphatic heterocycles. The van der Waals surface area contributed by atoms with E-state index in [1.54, 1.807) is 25.1 Å². The SMILES string of the molecule is Cc1sc(NC(=O)C2CC2)c(C(=O)OCC(=O)NCc2ccccc2F)c1C. The minimum absolute atomic E-state index is 0.00232. The van der Waals surface area contributed by atoms with Crippen LogP contribution in [0.5, 0.6) is 0 Å². The second kappa shape index (κ2) is 8.52. The molecular formula is C20H21FN2O4S. The predicted molar refractivity (Wildman–Crippen MR) is 104 cm³/mol. The van der Waals surface area contributed by atoms with Gasteiger partial charge in [0.1, 0.15) is 10.8 Å². The lowest BCUT2D eigenvalue weighted by molar-refractivity contribution is -0.124. The number of esters is 1. The Morgan fingerprint density at radius 3 is 2.61 bits per heavy atom. The van der Waals surface area contributed by atoms with E-state index in [1.807, 2.05) is 6.92 Å². The summed E-state index contributed by atoms with van der Waals surface area (Å²) in [6.07, 6.45) is 1.72. The second-order valence-corrected chi connectivity index (χ2v) is 7.92. The lowest BCUT2D eigenvalue weighted by Gasteiger charge is -2.09. The number of hydrogen-bond acceptors (Lipinski definition) is 5. The smallest absolute Gasteiger partial charge is 0.341 e. The summed E-state index contributed by atoms with van der Waals surface area (Å²) in [6, 6.07) is 6.10. The van der Waals surface area contributed by atoms with Crippen LogP contribution in [0, 0.1) is 25.6 Å². The van der Waals surface area contributed by atoms with Crippen molar-refractivity contribution in [3.05, 3.63) is 51.7 Å². The summed E-state index contributed by atoms with van der Waals surface area (Å²) in [5, 5.41) is 5.75. The molecule has 2 amide bonds. The third-order valence-electron chi connectivity index (χ3n) is 4.54. The molecule has 1 aliphatic carbocycles. The molecular weight excluding hydrogens is 383 g/mol. The van der Waals surface area contributed by atoms with Gasteiger partial charge in [-0.2, -0.15) is 0 Å². The number of rotatable bonds is 7. The molecule has 0 radical (unpaired) electrons. The van der Waals surface area contributed by atoms with Gasteiger partial charge in [0.05, 0.1) is 5.56 Å². The lowest BCUT2D eigenvalue weighted by atomic mass is 10.1. The van der Waals surface area contributed by atoms with E-state index in [0.717, 1.165) is 17.7 Å². The number of carbonyl (C=O) groups excluding carboxylic acids is 3. The van der Waals surface area contributed by atoms with E-state index in [9.17, 15) is 18.8 Å². The Labute approximate surface area is 166 Å². The Hall–Kier alpha value is -2.74. The van der Waals surface area contributed by atoms with Gasteiger partial charge in [-0.25, -0.2) is 9.18 Å². The van der Waals surface area contributed by atoms with Crippen LogP contribution in [0.4, 0.5) is 9.39 Å². The van der Waals surface area contributed by atoms with Gasteiger partial charge in [0.25, 0.3) is 5.91 Å². The van der Waals surface area contributed by atoms with Crippen molar-refractivity contribution >= 4 is 34.1 Å². The highest BCUT2D eigenvalue weighted by atomic mass is 32.1. The predicted octanol–water partition coefficient (Wildman–Crippen LogP) is 3.33. The zero-order valence-corrected chi connectivity index (χ0v) is 16.5. The Balaban J connectivity index is 1.57. The van der Waals surface area contributed by atoms with E-state index in [1.165, 1.54) is 17.4 Å². The van der Waals surface area contributed by atoms with Crippen LogP contribution in [0.25, 0.3) is 0 Å². The number of anilines is 1. The molecule has 1 heterocycles. The molecule has 0 bridgehead atoms. The first-order valence-electron chi connectivity index (χ1n) is 8.95. The van der Waals surface area contributed by atoms with E-state index in [4.69, 9.17) is 4.74 Å². The Bertz CT molecular complexity index is 921. The van der Waals surface area contributed by atoms with Gasteiger partial charge in [0.15, 0.2) is 6.61 Å². The van der Waals surface area contributed by atoms with Crippen molar-refractivity contribution in [2.75, 3.05) is 11.9 Å². The molecule has 0 spiro atoms. The van der Waals surface area contributed by atoms with E-state index < -0.39 is 24.3 Å². The van der Waals surface area contributed by atoms with Crippen LogP contribution < -0.4 is 10.6 Å². The number of thiophene rings is 1. The van der Waals surface area contributed by atoms with Crippen LogP contribution in [-0.4, -0.2) is 24.4 Å². The van der Waals surface area contributed by atoms with Gasteiger partial charge in [-0.15, -0.1) is 11.3 Å². The normalized spacial score (nSPS) is 13.1. The molecule has 148 valence electrons. The first-order valence-corrected chi connectivity index (χ1v) is 9.76. The maximum atomic E-state index is 13.6. The summed E-state index contributed by atoms with van der Waals surface area (Å²) < 4.78 is 18.7. The summed E-state index contributed by atoms with van der Waals surface area (Å²) >= 11 is 1.31. The molecule has 1 aliphatic rings. The van der Waals surface area contributed by atoms with Gasteiger partial charge in [-0.3, -0.25) is 9.59 Å². The van der Waals surface area contributed by atoms with E-state index in [0.29, 0.717) is 16.1 Å². The summed E-state index contributed by atoms with van der Waals surface area (Å²) in [7, 11) is 0. The molecule has 0 atom stereocenters. The van der Waals surface area contributed by atoms with Crippen molar-refractivity contribution in [3.8, 4) is 0 Å². The van der Waals surface area contributed by atoms with Crippen molar-refractivity contribution in [1.82, 2.24) is 5.32 Å². The van der Waals surface area contributed by atoms with E-state index >= 15 is 0 Å². The third-order valence-corrected chi connectivity index (χ3v) is 5.67. The first kappa shape index (κ1) is 20.0. The minimum atomic E-state index is -0.672. The highest BCUT2D eigenvalue weighted by Gasteiger charge is 2.31. The highest BCUT2D eigenvalue weighted by molar-refractivity contribution is 7.16. The Morgan fingerprint density at radius 1 is 1.21 bits per heavy atom. The van der Waals surface area contributed by atoms with Crippen LogP contribution in [0.1, 0.15) is 39.2 Å². The summed E-state index contributed by atoms with van der Waals surface area (Å²) in [6.45, 7) is 3.14. The van der Waals surface area contributed by atoms with Gasteiger partial charge in [0, 0.05) is 22.9 Å².